The van der Waals surface area contributed by atoms with Crippen LogP contribution in [-0.2, 0) is 22.0 Å². The molecule has 2 N–H and O–H groups in total. The normalized spacial score (nSPS) is 16.2. The summed E-state index contributed by atoms with van der Waals surface area (Å²) in [5.74, 6) is -0.802. The molecule has 140 valence electrons. The number of carbonyl (C=O) groups is 1. The summed E-state index contributed by atoms with van der Waals surface area (Å²) in [5, 5.41) is 14.4. The van der Waals surface area contributed by atoms with E-state index in [0.29, 0.717) is 18.0 Å². The lowest BCUT2D eigenvalue weighted by Gasteiger charge is -2.19. The lowest BCUT2D eigenvalue weighted by atomic mass is 9.86. The van der Waals surface area contributed by atoms with Crippen molar-refractivity contribution in [3.63, 3.8) is 0 Å². The van der Waals surface area contributed by atoms with Crippen molar-refractivity contribution in [2.45, 2.75) is 26.7 Å². The number of hydrogen-bond acceptors (Lipinski definition) is 4. The summed E-state index contributed by atoms with van der Waals surface area (Å²) in [5.41, 5.74) is 3.05. The fourth-order valence-corrected chi connectivity index (χ4v) is 3.43. The van der Waals surface area contributed by atoms with Crippen molar-refractivity contribution in [1.29, 1.82) is 0 Å². The molecule has 1 unspecified atom stereocenters. The van der Waals surface area contributed by atoms with Crippen molar-refractivity contribution in [2.24, 2.45) is 10.4 Å². The van der Waals surface area contributed by atoms with E-state index in [4.69, 9.17) is 0 Å². The first kappa shape index (κ1) is 19.0. The van der Waals surface area contributed by atoms with Crippen LogP contribution in [0.3, 0.4) is 0 Å². The number of hydrogen-bond donors (Lipinski definition) is 2. The fraction of sp³-hybridized carbons (Fsp3) is 0.238. The summed E-state index contributed by atoms with van der Waals surface area (Å²) in [7, 11) is -1.28. The van der Waals surface area contributed by atoms with Crippen LogP contribution in [0.1, 0.15) is 25.8 Å². The number of nitrogens with one attached hydrogen (secondary N) is 1. The van der Waals surface area contributed by atoms with Crippen LogP contribution < -0.4 is 5.32 Å². The Kier molecular flexibility index (Phi) is 5.56. The summed E-state index contributed by atoms with van der Waals surface area (Å²) in [6.07, 6.45) is 2.69. The average Bonchev–Trinajstić information content (AvgIpc) is 3.05. The average molecular weight is 382 g/mol. The van der Waals surface area contributed by atoms with E-state index >= 15 is 0 Å². The molecule has 0 fully saturated rings. The molecule has 27 heavy (non-hydrogen) atoms. The predicted octanol–water partition coefficient (Wildman–Crippen LogP) is 4.40. The maximum absolute atomic E-state index is 12.0. The molecular formula is C21H22N2O3S. The highest BCUT2D eigenvalue weighted by Gasteiger charge is 2.26. The third kappa shape index (κ3) is 4.52. The van der Waals surface area contributed by atoms with E-state index < -0.39 is 22.2 Å². The van der Waals surface area contributed by atoms with Crippen molar-refractivity contribution in [2.75, 3.05) is 5.32 Å². The molecule has 0 aromatic heterocycles. The number of anilines is 1. The summed E-state index contributed by atoms with van der Waals surface area (Å²) in [4.78, 5) is 15.5. The maximum atomic E-state index is 12.0. The molecule has 0 saturated carbocycles. The molecule has 1 aliphatic heterocycles. The summed E-state index contributed by atoms with van der Waals surface area (Å²) < 4.78 is 12.0. The SMILES string of the molecule is CC(C)(CCc1ccc(-c2ccccc2)c(NC2=NC=CS2=O)c1)C(=O)O. The van der Waals surface area contributed by atoms with Gasteiger partial charge in [0.2, 0.25) is 5.17 Å². The van der Waals surface area contributed by atoms with Crippen LogP contribution in [0, 0.1) is 5.41 Å². The molecule has 6 heteroatoms. The van der Waals surface area contributed by atoms with Crippen LogP contribution in [0.15, 0.2) is 65.1 Å². The molecule has 1 aliphatic rings. The quantitative estimate of drug-likeness (QED) is 0.776. The first-order valence-electron chi connectivity index (χ1n) is 8.71. The number of benzene rings is 2. The number of aliphatic carboxylic acids is 1. The molecule has 1 atom stereocenters. The monoisotopic (exact) mass is 382 g/mol. The number of rotatable bonds is 6. The Morgan fingerprint density at radius 3 is 2.56 bits per heavy atom. The van der Waals surface area contributed by atoms with Gasteiger partial charge in [-0.25, -0.2) is 9.20 Å². The molecule has 1 heterocycles. The van der Waals surface area contributed by atoms with Crippen LogP contribution >= 0.6 is 0 Å². The van der Waals surface area contributed by atoms with Gasteiger partial charge in [0.1, 0.15) is 10.8 Å². The van der Waals surface area contributed by atoms with Crippen molar-refractivity contribution in [3.05, 3.63) is 65.7 Å². The van der Waals surface area contributed by atoms with Crippen molar-refractivity contribution >= 4 is 27.6 Å². The van der Waals surface area contributed by atoms with Gasteiger partial charge in [-0.15, -0.1) is 0 Å². The molecule has 0 bridgehead atoms. The molecule has 0 saturated heterocycles. The highest BCUT2D eigenvalue weighted by atomic mass is 32.2. The largest absolute Gasteiger partial charge is 0.481 e. The number of amidine groups is 1. The minimum absolute atomic E-state index is 0.398. The first-order chi connectivity index (χ1) is 12.9. The van der Waals surface area contributed by atoms with E-state index in [1.54, 1.807) is 13.8 Å². The van der Waals surface area contributed by atoms with E-state index in [0.717, 1.165) is 22.4 Å². The molecule has 0 radical (unpaired) electrons. The molecule has 5 nitrogen and oxygen atoms in total. The Bertz CT molecular complexity index is 934. The lowest BCUT2D eigenvalue weighted by Crippen LogP contribution is -2.24. The molecule has 0 amide bonds. The van der Waals surface area contributed by atoms with Gasteiger partial charge in [-0.05, 0) is 43.9 Å². The molecular weight excluding hydrogens is 360 g/mol. The Labute approximate surface area is 161 Å². The van der Waals surface area contributed by atoms with E-state index in [1.807, 2.05) is 48.5 Å². The van der Waals surface area contributed by atoms with Crippen molar-refractivity contribution < 1.29 is 14.1 Å². The Balaban J connectivity index is 1.91. The zero-order chi connectivity index (χ0) is 19.4. The minimum Gasteiger partial charge on any atom is -0.481 e. The van der Waals surface area contributed by atoms with Gasteiger partial charge in [-0.1, -0.05) is 42.5 Å². The maximum Gasteiger partial charge on any atom is 0.309 e. The van der Waals surface area contributed by atoms with Crippen LogP contribution in [0.5, 0.6) is 0 Å². The van der Waals surface area contributed by atoms with E-state index in [1.165, 1.54) is 11.6 Å². The van der Waals surface area contributed by atoms with Crippen LogP contribution in [0.2, 0.25) is 0 Å². The topological polar surface area (TPSA) is 78.8 Å². The highest BCUT2D eigenvalue weighted by molar-refractivity contribution is 8.03. The summed E-state index contributed by atoms with van der Waals surface area (Å²) >= 11 is 0. The second kappa shape index (κ2) is 7.88. The molecule has 2 aromatic carbocycles. The number of aliphatic imine (C=N–C) groups is 1. The third-order valence-corrected chi connectivity index (χ3v) is 5.55. The molecule has 3 rings (SSSR count). The standard InChI is InChI=1S/C21H22N2O3S/c1-21(2,19(24)25)11-10-15-8-9-17(16-6-4-3-5-7-16)18(14-15)23-20-22-12-13-27(20)26/h3-9,12-14H,10-11H2,1-2H3,(H,22,23)(H,24,25). The fourth-order valence-electron chi connectivity index (χ4n) is 2.75. The van der Waals surface area contributed by atoms with Crippen LogP contribution in [0.25, 0.3) is 11.1 Å². The van der Waals surface area contributed by atoms with Gasteiger partial charge in [0.05, 0.1) is 5.41 Å². The number of aryl methyl sites for hydroxylation is 1. The van der Waals surface area contributed by atoms with Gasteiger partial charge in [0, 0.05) is 22.9 Å². The van der Waals surface area contributed by atoms with Crippen molar-refractivity contribution in [3.8, 4) is 11.1 Å². The molecule has 0 aliphatic carbocycles. The van der Waals surface area contributed by atoms with Gasteiger partial charge < -0.3 is 10.4 Å². The number of carboxylic acids is 1. The van der Waals surface area contributed by atoms with E-state index in [9.17, 15) is 14.1 Å². The zero-order valence-corrected chi connectivity index (χ0v) is 16.1. The van der Waals surface area contributed by atoms with Gasteiger partial charge in [-0.3, -0.25) is 4.79 Å². The summed E-state index contributed by atoms with van der Waals surface area (Å²) in [6.45, 7) is 3.46. The van der Waals surface area contributed by atoms with Crippen LogP contribution in [0.4, 0.5) is 5.69 Å². The molecule has 2 aromatic rings. The van der Waals surface area contributed by atoms with Gasteiger partial charge in [0.25, 0.3) is 0 Å². The van der Waals surface area contributed by atoms with Gasteiger partial charge >= 0.3 is 5.97 Å². The Morgan fingerprint density at radius 2 is 1.93 bits per heavy atom. The first-order valence-corrected chi connectivity index (χ1v) is 9.92. The number of carboxylic acid groups (broad SMARTS) is 1. The van der Waals surface area contributed by atoms with Gasteiger partial charge in [0.15, 0.2) is 0 Å². The lowest BCUT2D eigenvalue weighted by molar-refractivity contribution is -0.147. The zero-order valence-electron chi connectivity index (χ0n) is 15.3. The smallest absolute Gasteiger partial charge is 0.309 e. The van der Waals surface area contributed by atoms with Crippen molar-refractivity contribution in [1.82, 2.24) is 0 Å². The van der Waals surface area contributed by atoms with E-state index in [-0.39, 0.29) is 0 Å². The summed E-state index contributed by atoms with van der Waals surface area (Å²) in [6, 6.07) is 15.9. The Morgan fingerprint density at radius 1 is 1.19 bits per heavy atom. The highest BCUT2D eigenvalue weighted by Crippen LogP contribution is 2.31. The third-order valence-electron chi connectivity index (χ3n) is 4.59. The minimum atomic E-state index is -1.28. The Hall–Kier alpha value is -2.73. The molecule has 0 spiro atoms. The van der Waals surface area contributed by atoms with Crippen LogP contribution in [-0.4, -0.2) is 20.5 Å². The second-order valence-electron chi connectivity index (χ2n) is 7.08. The second-order valence-corrected chi connectivity index (χ2v) is 8.33. The predicted molar refractivity (Wildman–Crippen MR) is 110 cm³/mol. The van der Waals surface area contributed by atoms with Gasteiger partial charge in [-0.2, -0.15) is 0 Å². The number of nitrogens with zero attached hydrogens (tertiary/aromatic N) is 1. The van der Waals surface area contributed by atoms with E-state index in [2.05, 4.69) is 10.3 Å².